The van der Waals surface area contributed by atoms with Crippen molar-refractivity contribution in [1.29, 1.82) is 0 Å². The van der Waals surface area contributed by atoms with Crippen LogP contribution in [0.1, 0.15) is 17.4 Å². The Morgan fingerprint density at radius 2 is 2.27 bits per heavy atom. The molecule has 1 heterocycles. The number of nitrogens with zero attached hydrogens (tertiary/aromatic N) is 2. The van der Waals surface area contributed by atoms with Gasteiger partial charge < -0.3 is 10.3 Å². The van der Waals surface area contributed by atoms with Crippen molar-refractivity contribution in [3.05, 3.63) is 45.5 Å². The third-order valence-electron chi connectivity index (χ3n) is 1.95. The van der Waals surface area contributed by atoms with Crippen LogP contribution >= 0.6 is 27.5 Å². The van der Waals surface area contributed by atoms with Crippen molar-refractivity contribution < 1.29 is 4.52 Å². The van der Waals surface area contributed by atoms with Crippen molar-refractivity contribution in [3.8, 4) is 0 Å². The first-order valence-corrected chi connectivity index (χ1v) is 5.32. The van der Waals surface area contributed by atoms with E-state index < -0.39 is 6.04 Å². The second kappa shape index (κ2) is 4.30. The Morgan fingerprint density at radius 3 is 2.87 bits per heavy atom. The zero-order valence-corrected chi connectivity index (χ0v) is 9.86. The van der Waals surface area contributed by atoms with Gasteiger partial charge in [0, 0.05) is 9.50 Å². The number of nitrogens with two attached hydrogens (primary N) is 1. The van der Waals surface area contributed by atoms with Gasteiger partial charge in [0.25, 0.3) is 0 Å². The Labute approximate surface area is 99.5 Å². The Morgan fingerprint density at radius 1 is 1.47 bits per heavy atom. The number of aromatic nitrogens is 2. The quantitative estimate of drug-likeness (QED) is 0.922. The standard InChI is InChI=1S/C9H7BrClN3O/c10-5-1-2-6(7(11)3-5)8(12)9-13-4-15-14-9/h1-4,8H,12H2. The van der Waals surface area contributed by atoms with Crippen molar-refractivity contribution in [2.75, 3.05) is 0 Å². The van der Waals surface area contributed by atoms with Gasteiger partial charge >= 0.3 is 0 Å². The third kappa shape index (κ3) is 2.19. The highest BCUT2D eigenvalue weighted by molar-refractivity contribution is 9.10. The molecular weight excluding hydrogens is 281 g/mol. The van der Waals surface area contributed by atoms with E-state index in [1.807, 2.05) is 12.1 Å². The minimum Gasteiger partial charge on any atom is -0.343 e. The molecule has 1 aromatic heterocycles. The number of hydrogen-bond acceptors (Lipinski definition) is 4. The van der Waals surface area contributed by atoms with Crippen molar-refractivity contribution in [1.82, 2.24) is 10.1 Å². The highest BCUT2D eigenvalue weighted by atomic mass is 79.9. The Kier molecular flexibility index (Phi) is 3.04. The minimum atomic E-state index is -0.468. The zero-order chi connectivity index (χ0) is 10.8. The molecule has 0 fully saturated rings. The van der Waals surface area contributed by atoms with E-state index in [2.05, 4.69) is 30.6 Å². The summed E-state index contributed by atoms with van der Waals surface area (Å²) in [6.45, 7) is 0. The topological polar surface area (TPSA) is 64.9 Å². The van der Waals surface area contributed by atoms with E-state index in [-0.39, 0.29) is 0 Å². The van der Waals surface area contributed by atoms with Crippen molar-refractivity contribution in [3.63, 3.8) is 0 Å². The molecule has 6 heteroatoms. The van der Waals surface area contributed by atoms with Gasteiger partial charge in [-0.05, 0) is 17.7 Å². The molecule has 1 atom stereocenters. The fourth-order valence-electron chi connectivity index (χ4n) is 1.21. The van der Waals surface area contributed by atoms with Crippen LogP contribution in [0.4, 0.5) is 0 Å². The smallest absolute Gasteiger partial charge is 0.213 e. The van der Waals surface area contributed by atoms with Crippen LogP contribution in [0.15, 0.2) is 33.6 Å². The van der Waals surface area contributed by atoms with E-state index in [4.69, 9.17) is 17.3 Å². The van der Waals surface area contributed by atoms with Gasteiger partial charge in [-0.25, -0.2) is 0 Å². The Balaban J connectivity index is 2.38. The Hall–Kier alpha value is -0.910. The largest absolute Gasteiger partial charge is 0.343 e. The van der Waals surface area contributed by atoms with Crippen molar-refractivity contribution in [2.24, 2.45) is 5.73 Å². The van der Waals surface area contributed by atoms with Gasteiger partial charge in [-0.3, -0.25) is 0 Å². The van der Waals surface area contributed by atoms with Gasteiger partial charge in [0.05, 0.1) is 6.04 Å². The summed E-state index contributed by atoms with van der Waals surface area (Å²) in [5, 5.41) is 4.25. The summed E-state index contributed by atoms with van der Waals surface area (Å²) in [6, 6.07) is 5.00. The minimum absolute atomic E-state index is 0.416. The molecule has 1 unspecified atom stereocenters. The van der Waals surface area contributed by atoms with Gasteiger partial charge in [-0.15, -0.1) is 0 Å². The predicted octanol–water partition coefficient (Wildman–Crippen LogP) is 2.53. The van der Waals surface area contributed by atoms with Gasteiger partial charge in [0.1, 0.15) is 0 Å². The summed E-state index contributed by atoms with van der Waals surface area (Å²) >= 11 is 9.36. The van der Waals surface area contributed by atoms with Crippen LogP contribution in [0, 0.1) is 0 Å². The fourth-order valence-corrected chi connectivity index (χ4v) is 2.00. The average molecular weight is 289 g/mol. The van der Waals surface area contributed by atoms with E-state index in [0.29, 0.717) is 10.8 Å². The maximum Gasteiger partial charge on any atom is 0.213 e. The van der Waals surface area contributed by atoms with E-state index in [1.165, 1.54) is 6.39 Å². The molecule has 2 N–H and O–H groups in total. The molecule has 0 saturated heterocycles. The number of benzene rings is 1. The summed E-state index contributed by atoms with van der Waals surface area (Å²) in [7, 11) is 0. The molecule has 2 aromatic rings. The molecule has 0 amide bonds. The van der Waals surface area contributed by atoms with E-state index >= 15 is 0 Å². The maximum absolute atomic E-state index is 6.05. The van der Waals surface area contributed by atoms with Crippen LogP contribution in [0.5, 0.6) is 0 Å². The van der Waals surface area contributed by atoms with Crippen LogP contribution < -0.4 is 5.73 Å². The van der Waals surface area contributed by atoms with Gasteiger partial charge in [-0.1, -0.05) is 38.8 Å². The van der Waals surface area contributed by atoms with E-state index in [1.54, 1.807) is 6.07 Å². The summed E-state index contributed by atoms with van der Waals surface area (Å²) in [6.07, 6.45) is 1.24. The summed E-state index contributed by atoms with van der Waals surface area (Å²) < 4.78 is 5.53. The molecule has 0 bridgehead atoms. The normalized spacial score (nSPS) is 12.7. The molecule has 0 radical (unpaired) electrons. The molecule has 0 saturated carbocycles. The maximum atomic E-state index is 6.05. The highest BCUT2D eigenvalue weighted by Gasteiger charge is 2.16. The highest BCUT2D eigenvalue weighted by Crippen LogP contribution is 2.27. The molecule has 78 valence electrons. The lowest BCUT2D eigenvalue weighted by Crippen LogP contribution is -2.13. The van der Waals surface area contributed by atoms with Crippen LogP contribution in [0.3, 0.4) is 0 Å². The Bertz CT molecular complexity index is 460. The lowest BCUT2D eigenvalue weighted by molar-refractivity contribution is 0.407. The van der Waals surface area contributed by atoms with Gasteiger partial charge in [-0.2, -0.15) is 4.98 Å². The first-order chi connectivity index (χ1) is 7.18. The molecular formula is C9H7BrClN3O. The zero-order valence-electron chi connectivity index (χ0n) is 7.52. The van der Waals surface area contributed by atoms with Crippen LogP contribution in [-0.4, -0.2) is 10.1 Å². The molecule has 1 aromatic carbocycles. The number of halogens is 2. The van der Waals surface area contributed by atoms with Crippen LogP contribution in [0.25, 0.3) is 0 Å². The predicted molar refractivity (Wildman–Crippen MR) is 59.5 cm³/mol. The van der Waals surface area contributed by atoms with Crippen molar-refractivity contribution in [2.45, 2.75) is 6.04 Å². The molecule has 2 rings (SSSR count). The SMILES string of the molecule is NC(c1ncon1)c1ccc(Br)cc1Cl. The van der Waals surface area contributed by atoms with Crippen LogP contribution in [-0.2, 0) is 0 Å². The molecule has 0 aliphatic heterocycles. The molecule has 4 nitrogen and oxygen atoms in total. The van der Waals surface area contributed by atoms with E-state index in [0.717, 1.165) is 10.0 Å². The lowest BCUT2D eigenvalue weighted by Gasteiger charge is -2.09. The van der Waals surface area contributed by atoms with Gasteiger partial charge in [0.15, 0.2) is 5.82 Å². The van der Waals surface area contributed by atoms with Crippen molar-refractivity contribution >= 4 is 27.5 Å². The molecule has 0 aliphatic rings. The fraction of sp³-hybridized carbons (Fsp3) is 0.111. The first-order valence-electron chi connectivity index (χ1n) is 4.15. The summed E-state index contributed by atoms with van der Waals surface area (Å²) in [5.41, 5.74) is 6.69. The number of hydrogen-bond donors (Lipinski definition) is 1. The molecule has 0 spiro atoms. The first kappa shape index (κ1) is 10.6. The average Bonchev–Trinajstić information content (AvgIpc) is 2.69. The molecule has 0 aliphatic carbocycles. The summed E-state index contributed by atoms with van der Waals surface area (Å²) in [4.78, 5) is 3.88. The second-order valence-corrected chi connectivity index (χ2v) is 4.26. The second-order valence-electron chi connectivity index (χ2n) is 2.93. The molecule has 15 heavy (non-hydrogen) atoms. The third-order valence-corrected chi connectivity index (χ3v) is 2.77. The lowest BCUT2D eigenvalue weighted by atomic mass is 10.1. The van der Waals surface area contributed by atoms with Crippen LogP contribution in [0.2, 0.25) is 5.02 Å². The monoisotopic (exact) mass is 287 g/mol. The number of rotatable bonds is 2. The summed E-state index contributed by atoms with van der Waals surface area (Å²) in [5.74, 6) is 0.416. The van der Waals surface area contributed by atoms with Gasteiger partial charge in [0.2, 0.25) is 6.39 Å². The van der Waals surface area contributed by atoms with E-state index in [9.17, 15) is 0 Å².